The molecule has 2 aliphatic heterocycles. The fourth-order valence-corrected chi connectivity index (χ4v) is 6.02. The molecule has 0 atom stereocenters. The van der Waals surface area contributed by atoms with Crippen LogP contribution >= 0.6 is 11.8 Å². The number of para-hydroxylation sites is 1. The Labute approximate surface area is 234 Å². The van der Waals surface area contributed by atoms with Crippen LogP contribution in [0, 0.1) is 13.8 Å². The number of hydrogen-bond acceptors (Lipinski definition) is 4. The van der Waals surface area contributed by atoms with Crippen LogP contribution in [0.2, 0.25) is 0 Å². The molecule has 5 rings (SSSR count). The van der Waals surface area contributed by atoms with Crippen molar-refractivity contribution in [1.29, 1.82) is 0 Å². The highest BCUT2D eigenvalue weighted by molar-refractivity contribution is 8.04. The van der Waals surface area contributed by atoms with Gasteiger partial charge in [-0.2, -0.15) is 0 Å². The summed E-state index contributed by atoms with van der Waals surface area (Å²) in [4.78, 5) is 43.4. The third-order valence-electron chi connectivity index (χ3n) is 7.20. The van der Waals surface area contributed by atoms with Gasteiger partial charge >= 0.3 is 0 Å². The molecule has 3 amide bonds. The monoisotopic (exact) mass is 539 g/mol. The molecule has 2 aliphatic rings. The minimum atomic E-state index is -0.140. The number of aryl methyl sites for hydroxylation is 2. The molecule has 1 saturated heterocycles. The van der Waals surface area contributed by atoms with Crippen LogP contribution in [0.1, 0.15) is 51.9 Å². The van der Waals surface area contributed by atoms with Crippen molar-refractivity contribution >= 4 is 41.2 Å². The van der Waals surface area contributed by atoms with Crippen LogP contribution < -0.4 is 10.2 Å². The zero-order chi connectivity index (χ0) is 27.4. The molecule has 39 heavy (non-hydrogen) atoms. The third-order valence-corrected chi connectivity index (χ3v) is 8.27. The summed E-state index contributed by atoms with van der Waals surface area (Å²) in [6.07, 6.45) is 4.19. The van der Waals surface area contributed by atoms with E-state index in [-0.39, 0.29) is 17.7 Å². The molecule has 0 saturated carbocycles. The highest BCUT2D eigenvalue weighted by Gasteiger charge is 2.29. The van der Waals surface area contributed by atoms with Gasteiger partial charge in [0.05, 0.1) is 17.1 Å². The molecule has 0 bridgehead atoms. The lowest BCUT2D eigenvalue weighted by Crippen LogP contribution is -2.34. The Balaban J connectivity index is 1.27. The lowest BCUT2D eigenvalue weighted by Gasteiger charge is -2.31. The quantitative estimate of drug-likeness (QED) is 0.293. The molecule has 3 aromatic rings. The first-order valence-electron chi connectivity index (χ1n) is 13.4. The Morgan fingerprint density at radius 3 is 2.59 bits per heavy atom. The Morgan fingerprint density at radius 1 is 1.03 bits per heavy atom. The van der Waals surface area contributed by atoms with E-state index in [9.17, 15) is 14.4 Å². The first-order valence-corrected chi connectivity index (χ1v) is 14.2. The highest BCUT2D eigenvalue weighted by Crippen LogP contribution is 2.42. The van der Waals surface area contributed by atoms with E-state index in [2.05, 4.69) is 37.4 Å². The minimum absolute atomic E-state index is 0.0297. The van der Waals surface area contributed by atoms with E-state index in [0.717, 1.165) is 46.7 Å². The first-order chi connectivity index (χ1) is 18.9. The number of benzene rings is 3. The molecule has 1 N–H and O–H groups in total. The molecule has 200 valence electrons. The SMILES string of the molecule is Cc1ccc(C)c(CN2C(=O)C(=Cc3ccc(C(=O)NCCCN4CCCC4=O)cc3)Sc3ccccc32)c1. The van der Waals surface area contributed by atoms with Crippen LogP contribution in [0.15, 0.2) is 76.5 Å². The van der Waals surface area contributed by atoms with Gasteiger partial charge in [0.15, 0.2) is 0 Å². The fourth-order valence-electron chi connectivity index (χ4n) is 4.96. The van der Waals surface area contributed by atoms with Crippen LogP contribution in [0.4, 0.5) is 5.69 Å². The van der Waals surface area contributed by atoms with Gasteiger partial charge < -0.3 is 15.1 Å². The maximum Gasteiger partial charge on any atom is 0.265 e. The predicted molar refractivity (Wildman–Crippen MR) is 157 cm³/mol. The van der Waals surface area contributed by atoms with Gasteiger partial charge in [0, 0.05) is 36.5 Å². The molecule has 7 heteroatoms. The number of anilines is 1. The lowest BCUT2D eigenvalue weighted by atomic mass is 10.0. The van der Waals surface area contributed by atoms with Crippen LogP contribution in [-0.2, 0) is 16.1 Å². The van der Waals surface area contributed by atoms with Crippen molar-refractivity contribution < 1.29 is 14.4 Å². The summed E-state index contributed by atoms with van der Waals surface area (Å²) in [5, 5.41) is 2.94. The Kier molecular flexibility index (Phi) is 8.17. The number of nitrogens with zero attached hydrogens (tertiary/aromatic N) is 2. The Morgan fingerprint density at radius 2 is 1.82 bits per heavy atom. The van der Waals surface area contributed by atoms with Crippen molar-refractivity contribution in [3.63, 3.8) is 0 Å². The van der Waals surface area contributed by atoms with E-state index in [1.807, 2.05) is 52.3 Å². The van der Waals surface area contributed by atoms with E-state index in [1.54, 1.807) is 12.1 Å². The van der Waals surface area contributed by atoms with Crippen molar-refractivity contribution in [2.45, 2.75) is 44.6 Å². The number of rotatable bonds is 8. The van der Waals surface area contributed by atoms with Crippen molar-refractivity contribution in [2.24, 2.45) is 0 Å². The molecule has 0 radical (unpaired) electrons. The molecule has 0 aliphatic carbocycles. The van der Waals surface area contributed by atoms with Crippen LogP contribution in [-0.4, -0.2) is 42.3 Å². The topological polar surface area (TPSA) is 69.7 Å². The molecule has 0 unspecified atom stereocenters. The largest absolute Gasteiger partial charge is 0.352 e. The second-order valence-corrected chi connectivity index (χ2v) is 11.2. The van der Waals surface area contributed by atoms with E-state index >= 15 is 0 Å². The number of thioether (sulfide) groups is 1. The summed E-state index contributed by atoms with van der Waals surface area (Å²) < 4.78 is 0. The van der Waals surface area contributed by atoms with E-state index in [0.29, 0.717) is 36.5 Å². The van der Waals surface area contributed by atoms with Gasteiger partial charge in [-0.3, -0.25) is 14.4 Å². The zero-order valence-corrected chi connectivity index (χ0v) is 23.2. The van der Waals surface area contributed by atoms with E-state index in [4.69, 9.17) is 0 Å². The van der Waals surface area contributed by atoms with Crippen molar-refractivity contribution in [3.05, 3.63) is 99.5 Å². The maximum atomic E-state index is 13.7. The average molecular weight is 540 g/mol. The number of amides is 3. The second-order valence-electron chi connectivity index (χ2n) is 10.1. The summed E-state index contributed by atoms with van der Waals surface area (Å²) in [6.45, 7) is 6.67. The molecule has 0 aromatic heterocycles. The summed E-state index contributed by atoms with van der Waals surface area (Å²) >= 11 is 1.48. The van der Waals surface area contributed by atoms with Crippen molar-refractivity contribution in [2.75, 3.05) is 24.5 Å². The summed E-state index contributed by atoms with van der Waals surface area (Å²) in [6, 6.07) is 21.6. The van der Waals surface area contributed by atoms with Gasteiger partial charge in [-0.25, -0.2) is 0 Å². The smallest absolute Gasteiger partial charge is 0.265 e. The third kappa shape index (κ3) is 6.25. The van der Waals surface area contributed by atoms with Crippen molar-refractivity contribution in [3.8, 4) is 0 Å². The molecule has 3 aromatic carbocycles. The van der Waals surface area contributed by atoms with Crippen molar-refractivity contribution in [1.82, 2.24) is 10.2 Å². The van der Waals surface area contributed by atoms with Crippen LogP contribution in [0.3, 0.4) is 0 Å². The molecule has 0 spiro atoms. The number of carbonyl (C=O) groups is 3. The number of carbonyl (C=O) groups excluding carboxylic acids is 3. The van der Waals surface area contributed by atoms with Gasteiger partial charge in [-0.1, -0.05) is 59.8 Å². The zero-order valence-electron chi connectivity index (χ0n) is 22.4. The molecule has 1 fully saturated rings. The number of likely N-dealkylation sites (tertiary alicyclic amines) is 1. The Bertz CT molecular complexity index is 1430. The summed E-state index contributed by atoms with van der Waals surface area (Å²) in [7, 11) is 0. The van der Waals surface area contributed by atoms with E-state index in [1.165, 1.54) is 17.3 Å². The Hall–Kier alpha value is -3.84. The summed E-state index contributed by atoms with van der Waals surface area (Å²) in [5.41, 5.74) is 5.82. The molecule has 2 heterocycles. The second kappa shape index (κ2) is 11.9. The van der Waals surface area contributed by atoms with Crippen LogP contribution in [0.5, 0.6) is 0 Å². The normalized spacial score (nSPS) is 16.1. The summed E-state index contributed by atoms with van der Waals surface area (Å²) in [5.74, 6) is 0.0362. The maximum absolute atomic E-state index is 13.7. The highest BCUT2D eigenvalue weighted by atomic mass is 32.2. The molecular formula is C32H33N3O3S. The first kappa shape index (κ1) is 26.8. The average Bonchev–Trinajstić information content (AvgIpc) is 3.35. The minimum Gasteiger partial charge on any atom is -0.352 e. The molecular weight excluding hydrogens is 506 g/mol. The fraction of sp³-hybridized carbons (Fsp3) is 0.281. The van der Waals surface area contributed by atoms with Gasteiger partial charge in [-0.15, -0.1) is 0 Å². The van der Waals surface area contributed by atoms with Gasteiger partial charge in [0.1, 0.15) is 0 Å². The van der Waals surface area contributed by atoms with E-state index < -0.39 is 0 Å². The van der Waals surface area contributed by atoms with Gasteiger partial charge in [-0.05, 0) is 73.7 Å². The lowest BCUT2D eigenvalue weighted by molar-refractivity contribution is -0.127. The number of fused-ring (bicyclic) bond motifs is 1. The van der Waals surface area contributed by atoms with Crippen LogP contribution in [0.25, 0.3) is 6.08 Å². The van der Waals surface area contributed by atoms with Gasteiger partial charge in [0.2, 0.25) is 5.91 Å². The standard InChI is InChI=1S/C32H33N3O3S/c1-22-10-11-23(2)26(19-22)21-35-27-7-3-4-8-28(27)39-29(32(35)38)20-24-12-14-25(15-13-24)31(37)33-16-6-18-34-17-5-9-30(34)36/h3-4,7-8,10-15,19-20H,5-6,9,16-18,21H2,1-2H3,(H,33,37). The number of nitrogens with one attached hydrogen (secondary N) is 1. The molecule has 6 nitrogen and oxygen atoms in total. The number of hydrogen-bond donors (Lipinski definition) is 1. The van der Waals surface area contributed by atoms with Gasteiger partial charge in [0.25, 0.3) is 11.8 Å². The predicted octanol–water partition coefficient (Wildman–Crippen LogP) is 5.73.